The van der Waals surface area contributed by atoms with Gasteiger partial charge in [-0.1, -0.05) is 35.9 Å². The highest BCUT2D eigenvalue weighted by Gasteiger charge is 2.11. The molecule has 1 heterocycles. The van der Waals surface area contributed by atoms with Gasteiger partial charge in [-0.3, -0.25) is 0 Å². The third kappa shape index (κ3) is 3.71. The topological polar surface area (TPSA) is 37.9 Å². The van der Waals surface area contributed by atoms with Gasteiger partial charge >= 0.3 is 0 Å². The van der Waals surface area contributed by atoms with Gasteiger partial charge in [-0.2, -0.15) is 0 Å². The number of benzene rings is 3. The molecule has 0 aliphatic carbocycles. The summed E-state index contributed by atoms with van der Waals surface area (Å²) in [5.41, 5.74) is 3.79. The van der Waals surface area contributed by atoms with Crippen molar-refractivity contribution in [2.45, 2.75) is 6.92 Å². The number of ether oxygens (including phenoxy) is 1. The Morgan fingerprint density at radius 3 is 2.26 bits per heavy atom. The fraction of sp³-hybridized carbons (Fsp3) is 0.0455. The number of nitrogens with one attached hydrogen (secondary N) is 1. The molecule has 4 aromatic rings. The van der Waals surface area contributed by atoms with Gasteiger partial charge in [0.2, 0.25) is 0 Å². The van der Waals surface area contributed by atoms with E-state index in [4.69, 9.17) is 16.3 Å². The van der Waals surface area contributed by atoms with Crippen LogP contribution in [-0.2, 0) is 0 Å². The van der Waals surface area contributed by atoms with Gasteiger partial charge in [-0.15, -0.1) is 0 Å². The number of aromatic amines is 1. The summed E-state index contributed by atoms with van der Waals surface area (Å²) in [5.74, 6) is 1.12. The van der Waals surface area contributed by atoms with Crippen LogP contribution in [0, 0.1) is 12.7 Å². The number of imidazole rings is 1. The second-order valence-corrected chi connectivity index (χ2v) is 6.55. The van der Waals surface area contributed by atoms with Gasteiger partial charge < -0.3 is 9.72 Å². The molecule has 0 radical (unpaired) electrons. The molecule has 0 spiro atoms. The average Bonchev–Trinajstić information content (AvgIpc) is 3.06. The molecule has 3 nitrogen and oxygen atoms in total. The molecule has 27 heavy (non-hydrogen) atoms. The normalized spacial score (nSPS) is 10.8. The smallest absolute Gasteiger partial charge is 0.165 e. The molecule has 1 aromatic heterocycles. The lowest BCUT2D eigenvalue weighted by Gasteiger charge is -2.07. The van der Waals surface area contributed by atoms with Crippen molar-refractivity contribution in [2.24, 2.45) is 0 Å². The molecule has 0 bridgehead atoms. The van der Waals surface area contributed by atoms with Crippen molar-refractivity contribution in [3.8, 4) is 34.1 Å². The Hall–Kier alpha value is -3.11. The molecule has 1 N–H and O–H groups in total. The maximum atomic E-state index is 13.7. The molecule has 0 aliphatic heterocycles. The standard InChI is InChI=1S/C22H16ClFN2O/c1-14-21(15-6-10-17(23)11-7-15)26-22(25-14)16-8-12-18(13-9-16)27-20-5-3-2-4-19(20)24/h2-13H,1H3,(H,25,26). The lowest BCUT2D eigenvalue weighted by Crippen LogP contribution is -1.88. The fourth-order valence-corrected chi connectivity index (χ4v) is 2.96. The highest BCUT2D eigenvalue weighted by molar-refractivity contribution is 6.30. The molecular weight excluding hydrogens is 363 g/mol. The molecule has 134 valence electrons. The lowest BCUT2D eigenvalue weighted by atomic mass is 10.1. The van der Waals surface area contributed by atoms with Crippen molar-refractivity contribution >= 4 is 11.6 Å². The van der Waals surface area contributed by atoms with Crippen LogP contribution in [0.3, 0.4) is 0 Å². The van der Waals surface area contributed by atoms with E-state index in [1.807, 2.05) is 43.3 Å². The summed E-state index contributed by atoms with van der Waals surface area (Å²) < 4.78 is 19.3. The van der Waals surface area contributed by atoms with E-state index in [2.05, 4.69) is 9.97 Å². The quantitative estimate of drug-likeness (QED) is 0.432. The molecule has 3 aromatic carbocycles. The molecule has 0 fully saturated rings. The number of H-pyrrole nitrogens is 1. The number of nitrogens with zero attached hydrogens (tertiary/aromatic N) is 1. The molecular formula is C22H16ClFN2O. The first-order chi connectivity index (χ1) is 13.1. The second kappa shape index (κ2) is 7.25. The summed E-state index contributed by atoms with van der Waals surface area (Å²) in [7, 11) is 0. The van der Waals surface area contributed by atoms with Gasteiger partial charge in [0.1, 0.15) is 11.6 Å². The second-order valence-electron chi connectivity index (χ2n) is 6.11. The largest absolute Gasteiger partial charge is 0.454 e. The first-order valence-corrected chi connectivity index (χ1v) is 8.83. The number of para-hydroxylation sites is 1. The van der Waals surface area contributed by atoms with Crippen molar-refractivity contribution in [3.05, 3.63) is 89.3 Å². The van der Waals surface area contributed by atoms with Crippen LogP contribution in [0.15, 0.2) is 72.8 Å². The Bertz CT molecular complexity index is 1070. The Labute approximate surface area is 161 Å². The Morgan fingerprint density at radius 2 is 1.56 bits per heavy atom. The Kier molecular flexibility index (Phi) is 4.65. The highest BCUT2D eigenvalue weighted by atomic mass is 35.5. The van der Waals surface area contributed by atoms with Gasteiger partial charge in [-0.25, -0.2) is 9.37 Å². The molecule has 5 heteroatoms. The number of rotatable bonds is 4. The zero-order chi connectivity index (χ0) is 18.8. The first-order valence-electron chi connectivity index (χ1n) is 8.45. The summed E-state index contributed by atoms with van der Waals surface area (Å²) in [6.07, 6.45) is 0. The number of aromatic nitrogens is 2. The Balaban J connectivity index is 1.58. The van der Waals surface area contributed by atoms with E-state index in [-0.39, 0.29) is 5.75 Å². The third-order valence-corrected chi connectivity index (χ3v) is 4.46. The summed E-state index contributed by atoms with van der Waals surface area (Å²) in [6.45, 7) is 1.96. The van der Waals surface area contributed by atoms with E-state index in [0.29, 0.717) is 10.8 Å². The first kappa shape index (κ1) is 17.3. The van der Waals surface area contributed by atoms with Crippen LogP contribution in [0.5, 0.6) is 11.5 Å². The van der Waals surface area contributed by atoms with Crippen LogP contribution in [0.25, 0.3) is 22.6 Å². The monoisotopic (exact) mass is 378 g/mol. The molecule has 0 amide bonds. The Morgan fingerprint density at radius 1 is 0.889 bits per heavy atom. The SMILES string of the molecule is Cc1nc(-c2ccc(Oc3ccccc3F)cc2)[nH]c1-c1ccc(Cl)cc1. The number of hydrogen-bond donors (Lipinski definition) is 1. The number of aryl methyl sites for hydroxylation is 1. The zero-order valence-corrected chi connectivity index (χ0v) is 15.3. The van der Waals surface area contributed by atoms with E-state index in [0.717, 1.165) is 28.3 Å². The van der Waals surface area contributed by atoms with E-state index >= 15 is 0 Å². The summed E-state index contributed by atoms with van der Waals surface area (Å²) in [4.78, 5) is 7.97. The van der Waals surface area contributed by atoms with Crippen molar-refractivity contribution in [2.75, 3.05) is 0 Å². The maximum absolute atomic E-state index is 13.7. The highest BCUT2D eigenvalue weighted by Crippen LogP contribution is 2.29. The zero-order valence-electron chi connectivity index (χ0n) is 14.5. The minimum atomic E-state index is -0.393. The van der Waals surface area contributed by atoms with Gasteiger partial charge in [0, 0.05) is 10.6 Å². The van der Waals surface area contributed by atoms with Crippen LogP contribution in [0.4, 0.5) is 4.39 Å². The van der Waals surface area contributed by atoms with Crippen molar-refractivity contribution in [1.29, 1.82) is 0 Å². The predicted octanol–water partition coefficient (Wildman–Crippen LogP) is 6.64. The number of halogens is 2. The maximum Gasteiger partial charge on any atom is 0.165 e. The molecule has 0 saturated heterocycles. The minimum absolute atomic E-state index is 0.198. The van der Waals surface area contributed by atoms with Crippen molar-refractivity contribution in [1.82, 2.24) is 9.97 Å². The predicted molar refractivity (Wildman–Crippen MR) is 106 cm³/mol. The summed E-state index contributed by atoms with van der Waals surface area (Å²) >= 11 is 5.96. The minimum Gasteiger partial charge on any atom is -0.454 e. The van der Waals surface area contributed by atoms with Gasteiger partial charge in [0.25, 0.3) is 0 Å². The average molecular weight is 379 g/mol. The van der Waals surface area contributed by atoms with Crippen LogP contribution in [0.2, 0.25) is 5.02 Å². The number of hydrogen-bond acceptors (Lipinski definition) is 2. The van der Waals surface area contributed by atoms with E-state index in [1.165, 1.54) is 6.07 Å². The van der Waals surface area contributed by atoms with Gasteiger partial charge in [0.15, 0.2) is 11.6 Å². The third-order valence-electron chi connectivity index (χ3n) is 4.21. The lowest BCUT2D eigenvalue weighted by molar-refractivity contribution is 0.442. The summed E-state index contributed by atoms with van der Waals surface area (Å²) in [5, 5.41) is 0.696. The van der Waals surface area contributed by atoms with Crippen LogP contribution >= 0.6 is 11.6 Å². The molecule has 4 rings (SSSR count). The molecule has 0 aliphatic rings. The molecule has 0 saturated carbocycles. The van der Waals surface area contributed by atoms with Crippen LogP contribution in [0.1, 0.15) is 5.69 Å². The van der Waals surface area contributed by atoms with Gasteiger partial charge in [-0.05, 0) is 61.0 Å². The van der Waals surface area contributed by atoms with Crippen LogP contribution < -0.4 is 4.74 Å². The molecule has 0 unspecified atom stereocenters. The van der Waals surface area contributed by atoms with E-state index in [9.17, 15) is 4.39 Å². The van der Waals surface area contributed by atoms with Crippen molar-refractivity contribution < 1.29 is 9.13 Å². The fourth-order valence-electron chi connectivity index (χ4n) is 2.83. The molecule has 0 atom stereocenters. The van der Waals surface area contributed by atoms with Gasteiger partial charge in [0.05, 0.1) is 11.4 Å². The van der Waals surface area contributed by atoms with E-state index < -0.39 is 5.82 Å². The van der Waals surface area contributed by atoms with E-state index in [1.54, 1.807) is 30.3 Å². The van der Waals surface area contributed by atoms with Crippen LogP contribution in [-0.4, -0.2) is 9.97 Å². The van der Waals surface area contributed by atoms with Crippen molar-refractivity contribution in [3.63, 3.8) is 0 Å². The summed E-state index contributed by atoms with van der Waals surface area (Å²) in [6, 6.07) is 21.3.